The van der Waals surface area contributed by atoms with Crippen molar-refractivity contribution in [2.45, 2.75) is 46.0 Å². The van der Waals surface area contributed by atoms with Gasteiger partial charge in [0.1, 0.15) is 0 Å². The molecule has 1 N–H and O–H groups in total. The topological polar surface area (TPSA) is 37.3 Å². The van der Waals surface area contributed by atoms with Gasteiger partial charge in [-0.25, -0.2) is 4.79 Å². The Labute approximate surface area is 97.0 Å². The van der Waals surface area contributed by atoms with E-state index in [-0.39, 0.29) is 0 Å². The summed E-state index contributed by atoms with van der Waals surface area (Å²) >= 11 is 0. The molecule has 2 nitrogen and oxygen atoms in total. The third-order valence-electron chi connectivity index (χ3n) is 4.06. The summed E-state index contributed by atoms with van der Waals surface area (Å²) in [6, 6.07) is 0. The van der Waals surface area contributed by atoms with Gasteiger partial charge in [-0.3, -0.25) is 0 Å². The largest absolute Gasteiger partial charge is 0.478 e. The number of hydrogen-bond donors (Lipinski definition) is 1. The molecule has 16 heavy (non-hydrogen) atoms. The maximum atomic E-state index is 10.9. The number of carboxylic acids is 1. The minimum atomic E-state index is -0.779. The highest BCUT2D eigenvalue weighted by atomic mass is 16.4. The Morgan fingerprint density at radius 2 is 2.12 bits per heavy atom. The van der Waals surface area contributed by atoms with Crippen molar-refractivity contribution in [1.82, 2.24) is 0 Å². The van der Waals surface area contributed by atoms with Crippen LogP contribution in [0.25, 0.3) is 0 Å². The van der Waals surface area contributed by atoms with Crippen LogP contribution in [0.2, 0.25) is 0 Å². The van der Waals surface area contributed by atoms with E-state index in [9.17, 15) is 4.79 Å². The van der Waals surface area contributed by atoms with E-state index in [1.807, 2.05) is 6.08 Å². The minimum Gasteiger partial charge on any atom is -0.478 e. The van der Waals surface area contributed by atoms with E-state index in [0.717, 1.165) is 12.3 Å². The quantitative estimate of drug-likeness (QED) is 0.571. The molecule has 88 valence electrons. The molecule has 0 saturated heterocycles. The molecule has 2 aliphatic rings. The van der Waals surface area contributed by atoms with Gasteiger partial charge in [0.2, 0.25) is 0 Å². The molecule has 0 aliphatic heterocycles. The first-order valence-corrected chi connectivity index (χ1v) is 6.21. The van der Waals surface area contributed by atoms with E-state index in [1.54, 1.807) is 12.5 Å². The predicted molar refractivity (Wildman–Crippen MR) is 64.2 cm³/mol. The smallest absolute Gasteiger partial charge is 0.330 e. The lowest BCUT2D eigenvalue weighted by Gasteiger charge is -2.28. The van der Waals surface area contributed by atoms with Crippen LogP contribution in [-0.4, -0.2) is 11.1 Å². The summed E-state index contributed by atoms with van der Waals surface area (Å²) in [5.41, 5.74) is 3.58. The lowest BCUT2D eigenvalue weighted by molar-refractivity contribution is -0.132. The lowest BCUT2D eigenvalue weighted by Crippen LogP contribution is -2.16. The first-order chi connectivity index (χ1) is 7.59. The molecule has 2 atom stereocenters. The summed E-state index contributed by atoms with van der Waals surface area (Å²) in [5, 5.41) is 8.93. The molecular formula is C14H20O2. The van der Waals surface area contributed by atoms with E-state index < -0.39 is 5.97 Å². The molecule has 0 spiro atoms. The summed E-state index contributed by atoms with van der Waals surface area (Å²) in [4.78, 5) is 10.9. The third-order valence-corrected chi connectivity index (χ3v) is 4.06. The summed E-state index contributed by atoms with van der Waals surface area (Å²) < 4.78 is 0. The van der Waals surface area contributed by atoms with E-state index in [1.165, 1.54) is 31.3 Å². The number of hydrogen-bond acceptors (Lipinski definition) is 1. The van der Waals surface area contributed by atoms with Crippen LogP contribution in [-0.2, 0) is 4.79 Å². The Balaban J connectivity index is 2.24. The van der Waals surface area contributed by atoms with Gasteiger partial charge < -0.3 is 5.11 Å². The van der Waals surface area contributed by atoms with Crippen LogP contribution in [0.4, 0.5) is 0 Å². The van der Waals surface area contributed by atoms with Crippen molar-refractivity contribution in [1.29, 1.82) is 0 Å². The van der Waals surface area contributed by atoms with Crippen molar-refractivity contribution in [3.8, 4) is 0 Å². The molecular weight excluding hydrogens is 200 g/mol. The van der Waals surface area contributed by atoms with Crippen LogP contribution in [0.3, 0.4) is 0 Å². The first kappa shape index (κ1) is 11.4. The summed E-state index contributed by atoms with van der Waals surface area (Å²) in [5.74, 6) is 0.368. The van der Waals surface area contributed by atoms with Crippen molar-refractivity contribution in [2.24, 2.45) is 11.8 Å². The maximum absolute atomic E-state index is 10.9. The molecule has 1 saturated carbocycles. The SMILES string of the molecule is CC1=C2[C@@H](CCC[C@H]2/C=C(\C)C(=O)O)CC1. The highest BCUT2D eigenvalue weighted by Gasteiger charge is 2.31. The Hall–Kier alpha value is -1.05. The van der Waals surface area contributed by atoms with Crippen LogP contribution in [0.5, 0.6) is 0 Å². The van der Waals surface area contributed by atoms with Crippen LogP contribution in [0.15, 0.2) is 22.8 Å². The van der Waals surface area contributed by atoms with Crippen LogP contribution in [0.1, 0.15) is 46.0 Å². The maximum Gasteiger partial charge on any atom is 0.330 e. The van der Waals surface area contributed by atoms with E-state index in [2.05, 4.69) is 6.92 Å². The Morgan fingerprint density at radius 1 is 1.38 bits per heavy atom. The molecule has 2 aliphatic carbocycles. The predicted octanol–water partition coefficient (Wildman–Crippen LogP) is 3.54. The number of aliphatic carboxylic acids is 1. The van der Waals surface area contributed by atoms with Gasteiger partial charge in [0, 0.05) is 5.57 Å². The molecule has 0 bridgehead atoms. The molecule has 0 aromatic heterocycles. The van der Waals surface area contributed by atoms with Crippen molar-refractivity contribution < 1.29 is 9.90 Å². The van der Waals surface area contributed by atoms with Crippen molar-refractivity contribution in [3.63, 3.8) is 0 Å². The van der Waals surface area contributed by atoms with Crippen molar-refractivity contribution in [2.75, 3.05) is 0 Å². The number of rotatable bonds is 2. The minimum absolute atomic E-state index is 0.400. The van der Waals surface area contributed by atoms with Gasteiger partial charge in [0.25, 0.3) is 0 Å². The molecule has 0 aromatic rings. The fraction of sp³-hybridized carbons (Fsp3) is 0.643. The second-order valence-electron chi connectivity index (χ2n) is 5.16. The van der Waals surface area contributed by atoms with Gasteiger partial charge in [0.05, 0.1) is 0 Å². The molecule has 2 heteroatoms. The summed E-state index contributed by atoms with van der Waals surface area (Å²) in [6.45, 7) is 3.92. The van der Waals surface area contributed by atoms with E-state index in [4.69, 9.17) is 5.11 Å². The van der Waals surface area contributed by atoms with Crippen LogP contribution < -0.4 is 0 Å². The van der Waals surface area contributed by atoms with Gasteiger partial charge in [-0.15, -0.1) is 0 Å². The Morgan fingerprint density at radius 3 is 2.81 bits per heavy atom. The summed E-state index contributed by atoms with van der Waals surface area (Å²) in [7, 11) is 0. The summed E-state index contributed by atoms with van der Waals surface area (Å²) in [6.07, 6.45) is 8.17. The normalized spacial score (nSPS) is 30.5. The molecule has 2 rings (SSSR count). The first-order valence-electron chi connectivity index (χ1n) is 6.21. The zero-order valence-electron chi connectivity index (χ0n) is 10.1. The standard InChI is InChI=1S/C14H20O2/c1-9-6-7-11-4-3-5-12(13(9)11)8-10(2)14(15)16/h8,11-12H,3-7H2,1-2H3,(H,15,16)/b10-8+/t11-,12-/m0/s1. The zero-order chi connectivity index (χ0) is 11.7. The van der Waals surface area contributed by atoms with Crippen LogP contribution in [0, 0.1) is 11.8 Å². The number of fused-ring (bicyclic) bond motifs is 1. The molecule has 0 unspecified atom stereocenters. The number of carboxylic acid groups (broad SMARTS) is 1. The average molecular weight is 220 g/mol. The van der Waals surface area contributed by atoms with Gasteiger partial charge >= 0.3 is 5.97 Å². The van der Waals surface area contributed by atoms with E-state index >= 15 is 0 Å². The van der Waals surface area contributed by atoms with Crippen molar-refractivity contribution in [3.05, 3.63) is 22.8 Å². The molecule has 0 radical (unpaired) electrons. The van der Waals surface area contributed by atoms with Gasteiger partial charge in [-0.2, -0.15) is 0 Å². The Bertz CT molecular complexity index is 363. The van der Waals surface area contributed by atoms with Gasteiger partial charge in [-0.05, 0) is 51.4 Å². The fourth-order valence-electron chi connectivity index (χ4n) is 3.24. The second kappa shape index (κ2) is 4.44. The van der Waals surface area contributed by atoms with Crippen molar-refractivity contribution >= 4 is 5.97 Å². The van der Waals surface area contributed by atoms with Gasteiger partial charge in [0.15, 0.2) is 0 Å². The average Bonchev–Trinajstić information content (AvgIpc) is 2.61. The highest BCUT2D eigenvalue weighted by molar-refractivity contribution is 5.85. The molecule has 1 fully saturated rings. The number of allylic oxidation sites excluding steroid dienone is 3. The zero-order valence-corrected chi connectivity index (χ0v) is 10.1. The lowest BCUT2D eigenvalue weighted by atomic mass is 9.77. The third kappa shape index (κ3) is 2.06. The van der Waals surface area contributed by atoms with E-state index in [0.29, 0.717) is 11.5 Å². The highest BCUT2D eigenvalue weighted by Crippen LogP contribution is 2.45. The molecule has 0 amide bonds. The fourth-order valence-corrected chi connectivity index (χ4v) is 3.24. The Kier molecular flexibility index (Phi) is 3.17. The van der Waals surface area contributed by atoms with Gasteiger partial charge in [-0.1, -0.05) is 23.6 Å². The van der Waals surface area contributed by atoms with Crippen LogP contribution >= 0.6 is 0 Å². The molecule has 0 aromatic carbocycles. The number of carbonyl (C=O) groups is 1. The monoisotopic (exact) mass is 220 g/mol. The second-order valence-corrected chi connectivity index (χ2v) is 5.16. The molecule has 0 heterocycles.